The van der Waals surface area contributed by atoms with Gasteiger partial charge in [0.25, 0.3) is 5.91 Å². The monoisotopic (exact) mass is 435 g/mol. The molecule has 1 aliphatic carbocycles. The van der Waals surface area contributed by atoms with E-state index in [0.717, 1.165) is 44.1 Å². The van der Waals surface area contributed by atoms with Crippen LogP contribution in [0.25, 0.3) is 0 Å². The lowest BCUT2D eigenvalue weighted by molar-refractivity contribution is -0.136. The van der Waals surface area contributed by atoms with E-state index >= 15 is 0 Å². The molecule has 1 saturated carbocycles. The zero-order chi connectivity index (χ0) is 22.9. The Bertz CT molecular complexity index is 932. The molecule has 0 bridgehead atoms. The summed E-state index contributed by atoms with van der Waals surface area (Å²) in [5.41, 5.74) is 2.88. The van der Waals surface area contributed by atoms with Crippen LogP contribution < -0.4 is 16.0 Å². The van der Waals surface area contributed by atoms with Crippen LogP contribution in [-0.4, -0.2) is 23.8 Å². The van der Waals surface area contributed by atoms with Gasteiger partial charge in [0.2, 0.25) is 0 Å². The van der Waals surface area contributed by atoms with E-state index in [9.17, 15) is 14.4 Å². The highest BCUT2D eigenvalue weighted by Gasteiger charge is 2.24. The highest BCUT2D eigenvalue weighted by atomic mass is 16.2. The molecule has 3 N–H and O–H groups in total. The van der Waals surface area contributed by atoms with E-state index < -0.39 is 11.8 Å². The largest absolute Gasteiger partial charge is 0.348 e. The molecule has 6 nitrogen and oxygen atoms in total. The summed E-state index contributed by atoms with van der Waals surface area (Å²) in [5, 5.41) is 8.32. The van der Waals surface area contributed by atoms with Crippen molar-refractivity contribution in [2.75, 3.05) is 5.32 Å². The van der Waals surface area contributed by atoms with Gasteiger partial charge in [0.05, 0.1) is 11.3 Å². The van der Waals surface area contributed by atoms with Gasteiger partial charge in [-0.3, -0.25) is 14.4 Å². The lowest BCUT2D eigenvalue weighted by atomic mass is 9.84. The summed E-state index contributed by atoms with van der Waals surface area (Å²) in [5.74, 6) is -1.00. The number of para-hydroxylation sites is 1. The molecule has 2 aromatic carbocycles. The summed E-state index contributed by atoms with van der Waals surface area (Å²) in [6, 6.07) is 14.8. The third-order valence-electron chi connectivity index (χ3n) is 6.27. The molecule has 0 saturated heterocycles. The third kappa shape index (κ3) is 6.42. The van der Waals surface area contributed by atoms with Crippen molar-refractivity contribution in [1.82, 2.24) is 10.6 Å². The van der Waals surface area contributed by atoms with Crippen LogP contribution in [0.15, 0.2) is 48.5 Å². The Morgan fingerprint density at radius 3 is 2.16 bits per heavy atom. The van der Waals surface area contributed by atoms with Gasteiger partial charge in [-0.1, -0.05) is 56.7 Å². The maximum atomic E-state index is 12.7. The first-order valence-electron chi connectivity index (χ1n) is 11.6. The second-order valence-electron chi connectivity index (χ2n) is 8.45. The Morgan fingerprint density at radius 2 is 1.50 bits per heavy atom. The van der Waals surface area contributed by atoms with Crippen LogP contribution in [0, 0.1) is 5.92 Å². The number of carbonyl (C=O) groups excluding carboxylic acids is 3. The van der Waals surface area contributed by atoms with Crippen molar-refractivity contribution < 1.29 is 14.4 Å². The van der Waals surface area contributed by atoms with E-state index in [4.69, 9.17) is 0 Å². The number of nitrogens with one attached hydrogen (secondary N) is 3. The molecule has 0 heterocycles. The highest BCUT2D eigenvalue weighted by molar-refractivity contribution is 6.40. The minimum Gasteiger partial charge on any atom is -0.348 e. The summed E-state index contributed by atoms with van der Waals surface area (Å²) < 4.78 is 0. The van der Waals surface area contributed by atoms with Crippen molar-refractivity contribution in [3.8, 4) is 0 Å². The Labute approximate surface area is 190 Å². The van der Waals surface area contributed by atoms with Crippen LogP contribution >= 0.6 is 0 Å². The lowest BCUT2D eigenvalue weighted by Gasteiger charge is -2.28. The molecular formula is C26H33N3O3. The molecule has 170 valence electrons. The number of amides is 3. The van der Waals surface area contributed by atoms with Crippen molar-refractivity contribution in [3.63, 3.8) is 0 Å². The molecule has 0 aromatic heterocycles. The van der Waals surface area contributed by atoms with Gasteiger partial charge in [0.15, 0.2) is 0 Å². The average molecular weight is 436 g/mol. The molecule has 32 heavy (non-hydrogen) atoms. The number of aryl methyl sites for hydroxylation is 1. The third-order valence-corrected chi connectivity index (χ3v) is 6.27. The first-order chi connectivity index (χ1) is 15.5. The van der Waals surface area contributed by atoms with Gasteiger partial charge >= 0.3 is 11.8 Å². The summed E-state index contributed by atoms with van der Waals surface area (Å²) in [6.45, 7) is 4.66. The summed E-state index contributed by atoms with van der Waals surface area (Å²) >= 11 is 0. The van der Waals surface area contributed by atoms with Crippen molar-refractivity contribution in [2.24, 2.45) is 5.92 Å². The van der Waals surface area contributed by atoms with Gasteiger partial charge in [-0.05, 0) is 61.3 Å². The van der Waals surface area contributed by atoms with Crippen molar-refractivity contribution in [3.05, 3.63) is 65.2 Å². The fraction of sp³-hybridized carbons (Fsp3) is 0.423. The van der Waals surface area contributed by atoms with Gasteiger partial charge in [-0.25, -0.2) is 0 Å². The topological polar surface area (TPSA) is 87.3 Å². The van der Waals surface area contributed by atoms with Crippen LogP contribution in [0.2, 0.25) is 0 Å². The standard InChI is InChI=1S/C26H33N3O3/c1-3-18-9-11-20(12-10-18)17-27-24(30)22-7-5-6-8-23(22)29-26(32)25(31)28-21-15-13-19(4-2)14-16-21/h5-12,19,21H,3-4,13-17H2,1-2H3,(H,27,30)(H,28,31)(H,29,32). The molecule has 0 atom stereocenters. The minimum absolute atomic E-state index is 0.0358. The smallest absolute Gasteiger partial charge is 0.313 e. The van der Waals surface area contributed by atoms with Gasteiger partial charge < -0.3 is 16.0 Å². The lowest BCUT2D eigenvalue weighted by Crippen LogP contribution is -2.43. The number of carbonyl (C=O) groups is 3. The zero-order valence-electron chi connectivity index (χ0n) is 18.9. The molecule has 3 rings (SSSR count). The van der Waals surface area contributed by atoms with Crippen molar-refractivity contribution in [2.45, 2.75) is 65.0 Å². The normalized spacial score (nSPS) is 17.9. The molecule has 0 unspecified atom stereocenters. The molecular weight excluding hydrogens is 402 g/mol. The maximum absolute atomic E-state index is 12.7. The SMILES string of the molecule is CCc1ccc(CNC(=O)c2ccccc2NC(=O)C(=O)NC2CCC(CC)CC2)cc1. The fourth-order valence-corrected chi connectivity index (χ4v) is 4.11. The number of hydrogen-bond acceptors (Lipinski definition) is 3. The second kappa shape index (κ2) is 11.5. The summed E-state index contributed by atoms with van der Waals surface area (Å²) in [7, 11) is 0. The van der Waals surface area contributed by atoms with Crippen LogP contribution in [-0.2, 0) is 22.6 Å². The molecule has 1 fully saturated rings. The van der Waals surface area contributed by atoms with E-state index in [-0.39, 0.29) is 11.9 Å². The van der Waals surface area contributed by atoms with Crippen LogP contribution in [0.3, 0.4) is 0 Å². The Balaban J connectivity index is 1.56. The maximum Gasteiger partial charge on any atom is 0.313 e. The van der Waals surface area contributed by atoms with E-state index in [1.54, 1.807) is 24.3 Å². The minimum atomic E-state index is -0.752. The first-order valence-corrected chi connectivity index (χ1v) is 11.6. The molecule has 2 aromatic rings. The highest BCUT2D eigenvalue weighted by Crippen LogP contribution is 2.26. The quantitative estimate of drug-likeness (QED) is 0.570. The Kier molecular flexibility index (Phi) is 8.42. The van der Waals surface area contributed by atoms with Gasteiger partial charge in [0, 0.05) is 12.6 Å². The van der Waals surface area contributed by atoms with Crippen molar-refractivity contribution >= 4 is 23.4 Å². The van der Waals surface area contributed by atoms with Gasteiger partial charge in [-0.2, -0.15) is 0 Å². The Hall–Kier alpha value is -3.15. The van der Waals surface area contributed by atoms with Crippen LogP contribution in [0.5, 0.6) is 0 Å². The zero-order valence-corrected chi connectivity index (χ0v) is 18.9. The van der Waals surface area contributed by atoms with Crippen LogP contribution in [0.1, 0.15) is 67.4 Å². The predicted molar refractivity (Wildman–Crippen MR) is 126 cm³/mol. The number of benzene rings is 2. The summed E-state index contributed by atoms with van der Waals surface area (Å²) in [4.78, 5) is 37.6. The summed E-state index contributed by atoms with van der Waals surface area (Å²) in [6.07, 6.45) is 6.07. The fourth-order valence-electron chi connectivity index (χ4n) is 4.11. The van der Waals surface area contributed by atoms with Gasteiger partial charge in [-0.15, -0.1) is 0 Å². The second-order valence-corrected chi connectivity index (χ2v) is 8.45. The van der Waals surface area contributed by atoms with Gasteiger partial charge in [0.1, 0.15) is 0 Å². The van der Waals surface area contributed by atoms with E-state index in [1.807, 2.05) is 24.3 Å². The van der Waals surface area contributed by atoms with E-state index in [0.29, 0.717) is 23.7 Å². The van der Waals surface area contributed by atoms with E-state index in [1.165, 1.54) is 5.56 Å². The molecule has 0 spiro atoms. The number of hydrogen-bond donors (Lipinski definition) is 3. The predicted octanol–water partition coefficient (Wildman–Crippen LogP) is 4.20. The first kappa shape index (κ1) is 23.5. The van der Waals surface area contributed by atoms with Crippen LogP contribution in [0.4, 0.5) is 5.69 Å². The molecule has 1 aliphatic rings. The molecule has 6 heteroatoms. The van der Waals surface area contributed by atoms with E-state index in [2.05, 4.69) is 29.8 Å². The number of rotatable bonds is 7. The molecule has 0 aliphatic heterocycles. The number of anilines is 1. The average Bonchev–Trinajstić information content (AvgIpc) is 2.83. The Morgan fingerprint density at radius 1 is 0.844 bits per heavy atom. The molecule has 0 radical (unpaired) electrons. The van der Waals surface area contributed by atoms with Crippen molar-refractivity contribution in [1.29, 1.82) is 0 Å². The molecule has 3 amide bonds.